The number of nitrogens with zero attached hydrogens (tertiary/aromatic N) is 2. The average molecular weight is 170 g/mol. The van der Waals surface area contributed by atoms with E-state index in [0.717, 1.165) is 11.4 Å². The molecule has 0 aromatic carbocycles. The van der Waals surface area contributed by atoms with Gasteiger partial charge in [0.25, 0.3) is 0 Å². The lowest BCUT2D eigenvalue weighted by atomic mass is 10.1. The van der Waals surface area contributed by atoms with E-state index in [4.69, 9.17) is 0 Å². The van der Waals surface area contributed by atoms with Crippen molar-refractivity contribution in [2.75, 3.05) is 0 Å². The number of rotatable bonds is 3. The minimum atomic E-state index is 0.440. The lowest BCUT2D eigenvalue weighted by molar-refractivity contribution is 0.727. The highest BCUT2D eigenvalue weighted by molar-refractivity contribution is 7.15. The summed E-state index contributed by atoms with van der Waals surface area (Å²) in [7, 11) is 0. The first-order valence-electron chi connectivity index (χ1n) is 3.57. The van der Waals surface area contributed by atoms with Crippen LogP contribution in [0.25, 0.3) is 0 Å². The Bertz CT molecular complexity index is 246. The van der Waals surface area contributed by atoms with Crippen LogP contribution in [0.2, 0.25) is 0 Å². The zero-order chi connectivity index (χ0) is 8.27. The largest absolute Gasteiger partial charge is 0.247 e. The van der Waals surface area contributed by atoms with Gasteiger partial charge in [0.2, 0.25) is 0 Å². The van der Waals surface area contributed by atoms with Gasteiger partial charge in [0.15, 0.2) is 5.00 Å². The first-order chi connectivity index (χ1) is 5.27. The lowest BCUT2D eigenvalue weighted by Crippen LogP contribution is -1.87. The SMILES string of the molecule is CCC(C)c1ncc(N=O)s1. The van der Waals surface area contributed by atoms with Crippen LogP contribution in [-0.4, -0.2) is 4.98 Å². The van der Waals surface area contributed by atoms with E-state index >= 15 is 0 Å². The van der Waals surface area contributed by atoms with Crippen molar-refractivity contribution in [3.8, 4) is 0 Å². The number of nitroso groups, excluding NO2 is 1. The van der Waals surface area contributed by atoms with Gasteiger partial charge in [-0.15, -0.1) is 4.91 Å². The molecule has 0 saturated heterocycles. The van der Waals surface area contributed by atoms with Crippen LogP contribution >= 0.6 is 11.3 Å². The summed E-state index contributed by atoms with van der Waals surface area (Å²) in [5.74, 6) is 0.440. The molecule has 1 atom stereocenters. The topological polar surface area (TPSA) is 42.3 Å². The zero-order valence-corrected chi connectivity index (χ0v) is 7.39. The molecule has 0 N–H and O–H groups in total. The lowest BCUT2D eigenvalue weighted by Gasteiger charge is -2.00. The molecule has 3 nitrogen and oxygen atoms in total. The average Bonchev–Trinajstić information content (AvgIpc) is 2.50. The predicted octanol–water partition coefficient (Wildman–Crippen LogP) is 3.05. The molecule has 1 unspecified atom stereocenters. The molecule has 0 fully saturated rings. The standard InChI is InChI=1S/C7H10N2OS/c1-3-5(2)7-8-4-6(9-10)11-7/h4-5H,3H2,1-2H3. The molecule has 1 rings (SSSR count). The van der Waals surface area contributed by atoms with E-state index in [1.807, 2.05) is 0 Å². The molecule has 0 bridgehead atoms. The van der Waals surface area contributed by atoms with E-state index in [-0.39, 0.29) is 0 Å². The van der Waals surface area contributed by atoms with Crippen molar-refractivity contribution in [3.05, 3.63) is 16.1 Å². The van der Waals surface area contributed by atoms with Crippen molar-refractivity contribution < 1.29 is 0 Å². The molecule has 1 heterocycles. The van der Waals surface area contributed by atoms with Crippen LogP contribution in [-0.2, 0) is 0 Å². The Morgan fingerprint density at radius 2 is 2.55 bits per heavy atom. The summed E-state index contributed by atoms with van der Waals surface area (Å²) in [5.41, 5.74) is 0. The van der Waals surface area contributed by atoms with Crippen LogP contribution in [0.3, 0.4) is 0 Å². The fraction of sp³-hybridized carbons (Fsp3) is 0.571. The number of hydrogen-bond acceptors (Lipinski definition) is 4. The third-order valence-corrected chi connectivity index (χ3v) is 2.74. The molecular formula is C7H10N2OS. The third kappa shape index (κ3) is 1.83. The number of hydrogen-bond donors (Lipinski definition) is 0. The second-order valence-electron chi connectivity index (χ2n) is 2.44. The normalized spacial score (nSPS) is 12.9. The maximum absolute atomic E-state index is 10.1. The van der Waals surface area contributed by atoms with Crippen molar-refractivity contribution in [2.24, 2.45) is 5.18 Å². The Kier molecular flexibility index (Phi) is 2.70. The van der Waals surface area contributed by atoms with Crippen LogP contribution in [0.5, 0.6) is 0 Å². The van der Waals surface area contributed by atoms with Gasteiger partial charge in [-0.3, -0.25) is 0 Å². The van der Waals surface area contributed by atoms with Crippen LogP contribution in [0.4, 0.5) is 5.00 Å². The Labute approximate surface area is 69.4 Å². The highest BCUT2D eigenvalue weighted by atomic mass is 32.1. The fourth-order valence-corrected chi connectivity index (χ4v) is 1.55. The summed E-state index contributed by atoms with van der Waals surface area (Å²) in [5, 5.41) is 4.29. The monoisotopic (exact) mass is 170 g/mol. The van der Waals surface area contributed by atoms with Crippen LogP contribution in [0.15, 0.2) is 11.4 Å². The summed E-state index contributed by atoms with van der Waals surface area (Å²) in [6.45, 7) is 4.19. The van der Waals surface area contributed by atoms with Gasteiger partial charge in [-0.1, -0.05) is 25.2 Å². The van der Waals surface area contributed by atoms with Crippen LogP contribution in [0, 0.1) is 4.91 Å². The van der Waals surface area contributed by atoms with Crippen LogP contribution < -0.4 is 0 Å². The molecule has 1 aromatic heterocycles. The van der Waals surface area contributed by atoms with E-state index in [1.54, 1.807) is 0 Å². The summed E-state index contributed by atoms with van der Waals surface area (Å²) >= 11 is 1.38. The first-order valence-corrected chi connectivity index (χ1v) is 4.38. The van der Waals surface area contributed by atoms with Gasteiger partial charge >= 0.3 is 0 Å². The Balaban J connectivity index is 2.79. The van der Waals surface area contributed by atoms with Gasteiger partial charge < -0.3 is 0 Å². The minimum Gasteiger partial charge on any atom is -0.247 e. The predicted molar refractivity (Wildman–Crippen MR) is 46.3 cm³/mol. The zero-order valence-electron chi connectivity index (χ0n) is 6.57. The van der Waals surface area contributed by atoms with Crippen molar-refractivity contribution in [1.82, 2.24) is 4.98 Å². The van der Waals surface area contributed by atoms with Gasteiger partial charge in [-0.05, 0) is 11.6 Å². The van der Waals surface area contributed by atoms with Gasteiger partial charge in [0.1, 0.15) is 0 Å². The van der Waals surface area contributed by atoms with Crippen LogP contribution in [0.1, 0.15) is 31.2 Å². The number of aromatic nitrogens is 1. The quantitative estimate of drug-likeness (QED) is 0.654. The van der Waals surface area contributed by atoms with E-state index in [2.05, 4.69) is 24.0 Å². The van der Waals surface area contributed by atoms with Crippen molar-refractivity contribution >= 4 is 16.3 Å². The summed E-state index contributed by atoms with van der Waals surface area (Å²) in [6.07, 6.45) is 2.57. The molecule has 0 spiro atoms. The maximum atomic E-state index is 10.1. The molecule has 60 valence electrons. The molecule has 0 radical (unpaired) electrons. The molecule has 0 saturated carbocycles. The van der Waals surface area contributed by atoms with E-state index in [9.17, 15) is 4.91 Å². The van der Waals surface area contributed by atoms with Gasteiger partial charge in [-0.25, -0.2) is 4.98 Å². The van der Waals surface area contributed by atoms with Crippen molar-refractivity contribution in [1.29, 1.82) is 0 Å². The van der Waals surface area contributed by atoms with Gasteiger partial charge in [0, 0.05) is 5.92 Å². The Morgan fingerprint density at radius 3 is 3.00 bits per heavy atom. The Hall–Kier alpha value is -0.770. The highest BCUT2D eigenvalue weighted by Gasteiger charge is 2.07. The molecule has 1 aromatic rings. The third-order valence-electron chi connectivity index (χ3n) is 1.64. The molecule has 0 amide bonds. The van der Waals surface area contributed by atoms with E-state index < -0.39 is 0 Å². The molecule has 4 heteroatoms. The van der Waals surface area contributed by atoms with E-state index in [1.165, 1.54) is 17.5 Å². The van der Waals surface area contributed by atoms with Gasteiger partial charge in [-0.2, -0.15) is 0 Å². The van der Waals surface area contributed by atoms with E-state index in [0.29, 0.717) is 10.9 Å². The first kappa shape index (κ1) is 8.33. The summed E-state index contributed by atoms with van der Waals surface area (Å²) < 4.78 is 0. The molecule has 0 aliphatic heterocycles. The Morgan fingerprint density at radius 1 is 1.82 bits per heavy atom. The van der Waals surface area contributed by atoms with Crippen molar-refractivity contribution in [3.63, 3.8) is 0 Å². The molecule has 0 aliphatic carbocycles. The smallest absolute Gasteiger partial charge is 0.180 e. The number of thiazole rings is 1. The van der Waals surface area contributed by atoms with Gasteiger partial charge in [0.05, 0.1) is 11.2 Å². The summed E-state index contributed by atoms with van der Waals surface area (Å²) in [4.78, 5) is 14.1. The second-order valence-corrected chi connectivity index (χ2v) is 3.48. The highest BCUT2D eigenvalue weighted by Crippen LogP contribution is 2.28. The second kappa shape index (κ2) is 3.57. The maximum Gasteiger partial charge on any atom is 0.180 e. The minimum absolute atomic E-state index is 0.440. The van der Waals surface area contributed by atoms with Crippen molar-refractivity contribution in [2.45, 2.75) is 26.2 Å². The summed E-state index contributed by atoms with van der Waals surface area (Å²) in [6, 6.07) is 0. The molecule has 11 heavy (non-hydrogen) atoms. The molecular weight excluding hydrogens is 160 g/mol. The fourth-order valence-electron chi connectivity index (χ4n) is 0.723. The molecule has 0 aliphatic rings.